The van der Waals surface area contributed by atoms with Crippen LogP contribution in [0.15, 0.2) is 24.3 Å². The monoisotopic (exact) mass is 262 g/mol. The number of piperazine rings is 1. The van der Waals surface area contributed by atoms with E-state index in [1.54, 1.807) is 9.80 Å². The lowest BCUT2D eigenvalue weighted by molar-refractivity contribution is 0.0664. The number of aryl methyl sites for hydroxylation is 1. The smallest absolute Gasteiger partial charge is 0.331 e. The SMILES string of the molecule is Cc1ccccc1C(=O)N1CCN(C(=O)NN)CC1. The number of urea groups is 1. The van der Waals surface area contributed by atoms with Crippen molar-refractivity contribution in [3.05, 3.63) is 35.4 Å². The van der Waals surface area contributed by atoms with Crippen molar-refractivity contribution in [1.29, 1.82) is 0 Å². The first kappa shape index (κ1) is 13.4. The average molecular weight is 262 g/mol. The number of carbonyl (C=O) groups is 2. The second kappa shape index (κ2) is 5.71. The summed E-state index contributed by atoms with van der Waals surface area (Å²) in [4.78, 5) is 27.1. The number of hydrazine groups is 1. The van der Waals surface area contributed by atoms with E-state index in [0.717, 1.165) is 11.1 Å². The van der Waals surface area contributed by atoms with Gasteiger partial charge in [-0.1, -0.05) is 18.2 Å². The summed E-state index contributed by atoms with van der Waals surface area (Å²) in [7, 11) is 0. The molecule has 1 heterocycles. The third-order valence-corrected chi connectivity index (χ3v) is 3.35. The standard InChI is InChI=1S/C13H18N4O2/c1-10-4-2-3-5-11(10)12(18)16-6-8-17(9-7-16)13(19)15-14/h2-5H,6-9,14H2,1H3,(H,15,19). The van der Waals surface area contributed by atoms with Gasteiger partial charge in [-0.15, -0.1) is 0 Å². The Hall–Kier alpha value is -2.08. The highest BCUT2D eigenvalue weighted by Crippen LogP contribution is 2.12. The Morgan fingerprint density at radius 3 is 2.26 bits per heavy atom. The van der Waals surface area contributed by atoms with E-state index >= 15 is 0 Å². The van der Waals surface area contributed by atoms with Crippen LogP contribution in [0.4, 0.5) is 4.79 Å². The first-order valence-electron chi connectivity index (χ1n) is 6.24. The summed E-state index contributed by atoms with van der Waals surface area (Å²) in [5.41, 5.74) is 3.79. The minimum absolute atomic E-state index is 0.0194. The van der Waals surface area contributed by atoms with E-state index in [1.165, 1.54) is 0 Å². The van der Waals surface area contributed by atoms with E-state index in [4.69, 9.17) is 5.84 Å². The zero-order valence-electron chi connectivity index (χ0n) is 10.9. The zero-order valence-corrected chi connectivity index (χ0v) is 10.9. The van der Waals surface area contributed by atoms with Gasteiger partial charge in [0.1, 0.15) is 0 Å². The molecule has 0 aliphatic carbocycles. The molecule has 19 heavy (non-hydrogen) atoms. The summed E-state index contributed by atoms with van der Waals surface area (Å²) < 4.78 is 0. The Kier molecular flexibility index (Phi) is 4.01. The second-order valence-corrected chi connectivity index (χ2v) is 4.54. The van der Waals surface area contributed by atoms with Crippen molar-refractivity contribution >= 4 is 11.9 Å². The Morgan fingerprint density at radius 2 is 1.68 bits per heavy atom. The van der Waals surface area contributed by atoms with Crippen molar-refractivity contribution in [2.24, 2.45) is 5.84 Å². The lowest BCUT2D eigenvalue weighted by Gasteiger charge is -2.34. The summed E-state index contributed by atoms with van der Waals surface area (Å²) in [6, 6.07) is 7.22. The molecule has 102 valence electrons. The highest BCUT2D eigenvalue weighted by molar-refractivity contribution is 5.95. The van der Waals surface area contributed by atoms with Crippen molar-refractivity contribution in [3.63, 3.8) is 0 Å². The minimum Gasteiger partial charge on any atom is -0.335 e. The van der Waals surface area contributed by atoms with E-state index in [0.29, 0.717) is 26.2 Å². The molecule has 0 unspecified atom stereocenters. The van der Waals surface area contributed by atoms with Crippen molar-refractivity contribution in [1.82, 2.24) is 15.2 Å². The Labute approximate surface area is 112 Å². The fourth-order valence-electron chi connectivity index (χ4n) is 2.19. The summed E-state index contributed by atoms with van der Waals surface area (Å²) >= 11 is 0. The van der Waals surface area contributed by atoms with Crippen molar-refractivity contribution in [2.75, 3.05) is 26.2 Å². The van der Waals surface area contributed by atoms with Gasteiger partial charge in [0.15, 0.2) is 0 Å². The number of nitrogens with two attached hydrogens (primary N) is 1. The minimum atomic E-state index is -0.303. The van der Waals surface area contributed by atoms with Gasteiger partial charge in [0.2, 0.25) is 0 Å². The first-order valence-corrected chi connectivity index (χ1v) is 6.24. The molecule has 3 amide bonds. The van der Waals surface area contributed by atoms with Crippen molar-refractivity contribution < 1.29 is 9.59 Å². The lowest BCUT2D eigenvalue weighted by atomic mass is 10.1. The molecular formula is C13H18N4O2. The van der Waals surface area contributed by atoms with Crippen LogP contribution >= 0.6 is 0 Å². The fourth-order valence-corrected chi connectivity index (χ4v) is 2.19. The van der Waals surface area contributed by atoms with Gasteiger partial charge in [-0.05, 0) is 18.6 Å². The molecule has 1 saturated heterocycles. The van der Waals surface area contributed by atoms with E-state index in [9.17, 15) is 9.59 Å². The van der Waals surface area contributed by atoms with Gasteiger partial charge in [-0.2, -0.15) is 0 Å². The highest BCUT2D eigenvalue weighted by Gasteiger charge is 2.24. The number of nitrogens with zero attached hydrogens (tertiary/aromatic N) is 2. The predicted octanol–water partition coefficient (Wildman–Crippen LogP) is 0.336. The maximum Gasteiger partial charge on any atom is 0.331 e. The van der Waals surface area contributed by atoms with Crippen LogP contribution in [-0.4, -0.2) is 47.9 Å². The molecule has 0 saturated carbocycles. The molecule has 0 bridgehead atoms. The zero-order chi connectivity index (χ0) is 13.8. The largest absolute Gasteiger partial charge is 0.335 e. The van der Waals surface area contributed by atoms with Crippen LogP contribution in [-0.2, 0) is 0 Å². The number of carbonyl (C=O) groups excluding carboxylic acids is 2. The molecule has 0 radical (unpaired) electrons. The maximum atomic E-state index is 12.3. The Bertz CT molecular complexity index is 481. The predicted molar refractivity (Wildman–Crippen MR) is 71.4 cm³/mol. The molecule has 1 aromatic carbocycles. The Morgan fingerprint density at radius 1 is 1.11 bits per heavy atom. The molecule has 1 aromatic rings. The van der Waals surface area contributed by atoms with Gasteiger partial charge in [-0.25, -0.2) is 10.6 Å². The molecular weight excluding hydrogens is 244 g/mol. The summed E-state index contributed by atoms with van der Waals surface area (Å²) in [6.45, 7) is 3.98. The van der Waals surface area contributed by atoms with Crippen molar-refractivity contribution in [2.45, 2.75) is 6.92 Å². The number of amides is 3. The molecule has 3 N–H and O–H groups in total. The molecule has 2 rings (SSSR count). The van der Waals surface area contributed by atoms with Crippen molar-refractivity contribution in [3.8, 4) is 0 Å². The van der Waals surface area contributed by atoms with E-state index in [2.05, 4.69) is 5.43 Å². The molecule has 0 spiro atoms. The molecule has 1 fully saturated rings. The topological polar surface area (TPSA) is 78.7 Å². The van der Waals surface area contributed by atoms with Gasteiger partial charge < -0.3 is 9.80 Å². The van der Waals surface area contributed by atoms with Crippen LogP contribution in [0, 0.1) is 6.92 Å². The summed E-state index contributed by atoms with van der Waals surface area (Å²) in [6.07, 6.45) is 0. The second-order valence-electron chi connectivity index (χ2n) is 4.54. The number of rotatable bonds is 1. The summed E-state index contributed by atoms with van der Waals surface area (Å²) in [5, 5.41) is 0. The van der Waals surface area contributed by atoms with Gasteiger partial charge in [0.05, 0.1) is 0 Å². The van der Waals surface area contributed by atoms with E-state index in [1.807, 2.05) is 31.2 Å². The Balaban J connectivity index is 2.00. The maximum absolute atomic E-state index is 12.3. The van der Waals surface area contributed by atoms with Crippen LogP contribution in [0.5, 0.6) is 0 Å². The quantitative estimate of drug-likeness (QED) is 0.435. The first-order chi connectivity index (χ1) is 9.13. The van der Waals surface area contributed by atoms with Gasteiger partial charge in [-0.3, -0.25) is 10.2 Å². The fraction of sp³-hybridized carbons (Fsp3) is 0.385. The van der Waals surface area contributed by atoms with Crippen LogP contribution in [0.1, 0.15) is 15.9 Å². The van der Waals surface area contributed by atoms with Crippen LogP contribution in [0.2, 0.25) is 0 Å². The molecule has 0 atom stereocenters. The van der Waals surface area contributed by atoms with Crippen LogP contribution in [0.3, 0.4) is 0 Å². The average Bonchev–Trinajstić information content (AvgIpc) is 2.46. The number of nitrogens with one attached hydrogen (secondary N) is 1. The van der Waals surface area contributed by atoms with Gasteiger partial charge in [0, 0.05) is 31.7 Å². The van der Waals surface area contributed by atoms with E-state index in [-0.39, 0.29) is 11.9 Å². The van der Waals surface area contributed by atoms with Gasteiger partial charge in [0.25, 0.3) is 5.91 Å². The van der Waals surface area contributed by atoms with Gasteiger partial charge >= 0.3 is 6.03 Å². The van der Waals surface area contributed by atoms with Crippen LogP contribution < -0.4 is 11.3 Å². The molecule has 0 aromatic heterocycles. The number of hydrogen-bond acceptors (Lipinski definition) is 3. The molecule has 6 heteroatoms. The molecule has 6 nitrogen and oxygen atoms in total. The molecule has 1 aliphatic heterocycles. The number of hydrogen-bond donors (Lipinski definition) is 2. The molecule has 1 aliphatic rings. The van der Waals surface area contributed by atoms with E-state index < -0.39 is 0 Å². The number of benzene rings is 1. The van der Waals surface area contributed by atoms with Crippen LogP contribution in [0.25, 0.3) is 0 Å². The normalized spacial score (nSPS) is 15.3. The third-order valence-electron chi connectivity index (χ3n) is 3.35. The lowest BCUT2D eigenvalue weighted by Crippen LogP contribution is -2.54. The summed E-state index contributed by atoms with van der Waals surface area (Å²) in [5.74, 6) is 5.11. The third kappa shape index (κ3) is 2.85. The highest BCUT2D eigenvalue weighted by atomic mass is 16.2.